The molecule has 0 saturated heterocycles. The average Bonchev–Trinajstić information content (AvgIpc) is 3.00. The predicted molar refractivity (Wildman–Crippen MR) is 101 cm³/mol. The number of hydrogen-bond acceptors (Lipinski definition) is 4. The molecule has 5 nitrogen and oxygen atoms in total. The van der Waals surface area contributed by atoms with E-state index in [0.29, 0.717) is 12.2 Å². The molecule has 0 unspecified atom stereocenters. The van der Waals surface area contributed by atoms with E-state index >= 15 is 0 Å². The van der Waals surface area contributed by atoms with Gasteiger partial charge in [0.05, 0.1) is 16.9 Å². The summed E-state index contributed by atoms with van der Waals surface area (Å²) in [4.78, 5) is 16.4. The number of carbonyl (C=O) groups is 1. The van der Waals surface area contributed by atoms with Crippen LogP contribution in [-0.2, 0) is 6.54 Å². The van der Waals surface area contributed by atoms with E-state index in [1.165, 1.54) is 23.5 Å². The number of phenolic OH excluding ortho intramolecular Hbond substituents is 1. The Balaban J connectivity index is 2.08. The van der Waals surface area contributed by atoms with Crippen molar-refractivity contribution in [2.75, 3.05) is 0 Å². The van der Waals surface area contributed by atoms with Gasteiger partial charge in [0, 0.05) is 22.0 Å². The lowest BCUT2D eigenvalue weighted by molar-refractivity contribution is 0.0697. The lowest BCUT2D eigenvalue weighted by Crippen LogP contribution is -2.14. The first-order valence-electron chi connectivity index (χ1n) is 7.55. The predicted octanol–water partition coefficient (Wildman–Crippen LogP) is 4.64. The summed E-state index contributed by atoms with van der Waals surface area (Å²) in [6.45, 7) is 2.74. The maximum atomic E-state index is 10.9. The first-order chi connectivity index (χ1) is 12.0. The Morgan fingerprint density at radius 3 is 2.60 bits per heavy atom. The Kier molecular flexibility index (Phi) is 5.06. The second-order valence-corrected chi connectivity index (χ2v) is 6.97. The van der Waals surface area contributed by atoms with Crippen molar-refractivity contribution < 1.29 is 15.0 Å². The highest BCUT2D eigenvalue weighted by Crippen LogP contribution is 2.31. The van der Waals surface area contributed by atoms with Gasteiger partial charge in [0.2, 0.25) is 0 Å². The quantitative estimate of drug-likeness (QED) is 0.647. The van der Waals surface area contributed by atoms with Gasteiger partial charge in [-0.3, -0.25) is 0 Å². The van der Waals surface area contributed by atoms with E-state index in [4.69, 9.17) is 5.11 Å². The molecule has 0 spiro atoms. The summed E-state index contributed by atoms with van der Waals surface area (Å²) in [5, 5.41) is 20.7. The number of carboxylic acids is 1. The molecule has 2 N–H and O–H groups in total. The average molecular weight is 419 g/mol. The molecule has 0 bridgehead atoms. The number of rotatable bonds is 4. The van der Waals surface area contributed by atoms with E-state index in [1.807, 2.05) is 18.4 Å². The molecule has 2 aromatic carbocycles. The van der Waals surface area contributed by atoms with Crippen molar-refractivity contribution >= 4 is 38.9 Å². The highest BCUT2D eigenvalue weighted by molar-refractivity contribution is 9.10. The van der Waals surface area contributed by atoms with Gasteiger partial charge in [-0.05, 0) is 49.4 Å². The number of nitrogens with zero attached hydrogens (tertiary/aromatic N) is 2. The molecule has 0 aliphatic carbocycles. The number of benzene rings is 2. The molecule has 3 aromatic rings. The molecule has 0 aliphatic heterocycles. The Hall–Kier alpha value is -2.38. The fourth-order valence-electron chi connectivity index (χ4n) is 2.44. The highest BCUT2D eigenvalue weighted by atomic mass is 79.9. The van der Waals surface area contributed by atoms with Crippen LogP contribution in [0.15, 0.2) is 57.3 Å². The van der Waals surface area contributed by atoms with Crippen LogP contribution >= 0.6 is 27.3 Å². The van der Waals surface area contributed by atoms with Gasteiger partial charge < -0.3 is 14.8 Å². The number of aromatic carboxylic acids is 1. The molecule has 0 atom stereocenters. The van der Waals surface area contributed by atoms with Crippen LogP contribution in [0.3, 0.4) is 0 Å². The van der Waals surface area contributed by atoms with Gasteiger partial charge >= 0.3 is 5.97 Å². The largest absolute Gasteiger partial charge is 0.508 e. The first-order valence-corrected chi connectivity index (χ1v) is 9.22. The summed E-state index contributed by atoms with van der Waals surface area (Å²) in [5.74, 6) is -0.753. The van der Waals surface area contributed by atoms with E-state index in [-0.39, 0.29) is 11.3 Å². The van der Waals surface area contributed by atoms with Crippen LogP contribution in [0.25, 0.3) is 11.3 Å². The fraction of sp³-hybridized carbons (Fsp3) is 0.111. The minimum atomic E-state index is -0.956. The lowest BCUT2D eigenvalue weighted by atomic mass is 10.1. The van der Waals surface area contributed by atoms with Crippen LogP contribution in [0.2, 0.25) is 0 Å². The lowest BCUT2D eigenvalue weighted by Gasteiger charge is -2.08. The van der Waals surface area contributed by atoms with Crippen molar-refractivity contribution in [3.05, 3.63) is 62.7 Å². The Labute approximate surface area is 156 Å². The molecule has 1 aromatic heterocycles. The van der Waals surface area contributed by atoms with Crippen LogP contribution < -0.4 is 4.80 Å². The number of carboxylic acid groups (broad SMARTS) is 1. The summed E-state index contributed by atoms with van der Waals surface area (Å²) < 4.78 is 2.94. The first kappa shape index (κ1) is 17.4. The minimum absolute atomic E-state index is 0.204. The van der Waals surface area contributed by atoms with Crippen molar-refractivity contribution in [1.29, 1.82) is 0 Å². The van der Waals surface area contributed by atoms with Crippen LogP contribution in [0.4, 0.5) is 5.69 Å². The van der Waals surface area contributed by atoms with Crippen LogP contribution in [0.1, 0.15) is 17.3 Å². The van der Waals surface area contributed by atoms with Gasteiger partial charge in [-0.2, -0.15) is 0 Å². The summed E-state index contributed by atoms with van der Waals surface area (Å²) in [6, 6.07) is 11.6. The highest BCUT2D eigenvalue weighted by Gasteiger charge is 2.11. The number of hydrogen-bond donors (Lipinski definition) is 2. The molecular weight excluding hydrogens is 404 g/mol. The molecular formula is C18H15BrN2O3S. The van der Waals surface area contributed by atoms with Crippen LogP contribution in [-0.4, -0.2) is 20.7 Å². The summed E-state index contributed by atoms with van der Waals surface area (Å²) >= 11 is 5.02. The van der Waals surface area contributed by atoms with E-state index < -0.39 is 5.97 Å². The maximum absolute atomic E-state index is 10.9. The molecule has 0 fully saturated rings. The zero-order valence-corrected chi connectivity index (χ0v) is 15.7. The van der Waals surface area contributed by atoms with Gasteiger partial charge in [-0.25, -0.2) is 9.79 Å². The van der Waals surface area contributed by atoms with E-state index in [2.05, 4.69) is 25.5 Å². The topological polar surface area (TPSA) is 74.8 Å². The van der Waals surface area contributed by atoms with Gasteiger partial charge in [0.25, 0.3) is 0 Å². The molecule has 25 heavy (non-hydrogen) atoms. The SMILES string of the molecule is CCn1c(-c2cc(O)ccc2Br)cs/c1=N\c1ccc(C(=O)O)cc1. The second kappa shape index (κ2) is 7.25. The number of aromatic hydroxyl groups is 1. The molecule has 128 valence electrons. The van der Waals surface area contributed by atoms with Gasteiger partial charge in [-0.15, -0.1) is 11.3 Å². The van der Waals surface area contributed by atoms with E-state index in [9.17, 15) is 9.90 Å². The summed E-state index contributed by atoms with van der Waals surface area (Å²) in [6.07, 6.45) is 0. The van der Waals surface area contributed by atoms with Crippen molar-refractivity contribution in [3.63, 3.8) is 0 Å². The third-order valence-electron chi connectivity index (χ3n) is 3.68. The monoisotopic (exact) mass is 418 g/mol. The second-order valence-electron chi connectivity index (χ2n) is 5.28. The molecule has 0 aliphatic rings. The normalized spacial score (nSPS) is 11.7. The third kappa shape index (κ3) is 3.67. The summed E-state index contributed by atoms with van der Waals surface area (Å²) in [7, 11) is 0. The van der Waals surface area contributed by atoms with Gasteiger partial charge in [-0.1, -0.05) is 15.9 Å². The number of phenols is 1. The van der Waals surface area contributed by atoms with Crippen molar-refractivity contribution in [2.24, 2.45) is 4.99 Å². The molecule has 7 heteroatoms. The Morgan fingerprint density at radius 1 is 1.24 bits per heavy atom. The maximum Gasteiger partial charge on any atom is 0.335 e. The van der Waals surface area contributed by atoms with Gasteiger partial charge in [0.1, 0.15) is 5.75 Å². The standard InChI is InChI=1S/C18H15BrN2O3S/c1-2-21-16(14-9-13(22)7-8-15(14)19)10-25-18(21)20-12-5-3-11(4-6-12)17(23)24/h3-10,22H,2H2,1H3,(H,23,24)/b20-18-. The number of thiazole rings is 1. The van der Waals surface area contributed by atoms with Gasteiger partial charge in [0.15, 0.2) is 4.80 Å². The molecule has 0 saturated carbocycles. The van der Waals surface area contributed by atoms with Crippen molar-refractivity contribution in [1.82, 2.24) is 4.57 Å². The number of halogens is 1. The zero-order valence-electron chi connectivity index (χ0n) is 13.3. The van der Waals surface area contributed by atoms with Crippen molar-refractivity contribution in [2.45, 2.75) is 13.5 Å². The zero-order chi connectivity index (χ0) is 18.0. The van der Waals surface area contributed by atoms with Crippen LogP contribution in [0.5, 0.6) is 5.75 Å². The van der Waals surface area contributed by atoms with E-state index in [1.54, 1.807) is 24.3 Å². The minimum Gasteiger partial charge on any atom is -0.508 e. The Morgan fingerprint density at radius 2 is 1.96 bits per heavy atom. The van der Waals surface area contributed by atoms with E-state index in [0.717, 1.165) is 20.5 Å². The molecule has 0 amide bonds. The van der Waals surface area contributed by atoms with Crippen LogP contribution in [0, 0.1) is 0 Å². The smallest absolute Gasteiger partial charge is 0.335 e. The number of aromatic nitrogens is 1. The third-order valence-corrected chi connectivity index (χ3v) is 5.23. The fourth-order valence-corrected chi connectivity index (χ4v) is 3.87. The molecule has 3 rings (SSSR count). The summed E-state index contributed by atoms with van der Waals surface area (Å²) in [5.41, 5.74) is 2.77. The molecule has 1 heterocycles. The van der Waals surface area contributed by atoms with Crippen molar-refractivity contribution in [3.8, 4) is 17.0 Å². The molecule has 0 radical (unpaired) electrons. The Bertz CT molecular complexity index is 990.